The molecule has 4 atom stereocenters. The molecule has 170 valence electrons. The number of hydrogen-bond acceptors (Lipinski definition) is 7. The SMILES string of the molecule is O=C(NC1CCCCC1)N[C@H]1CO[C@H]2[C@@H]1OC[C@@H]2Oc1ccc(N2CCOCC2)nc1. The van der Waals surface area contributed by atoms with Crippen molar-refractivity contribution in [2.75, 3.05) is 44.4 Å². The highest BCUT2D eigenvalue weighted by molar-refractivity contribution is 5.74. The number of urea groups is 1. The van der Waals surface area contributed by atoms with Crippen LogP contribution in [-0.4, -0.2) is 80.9 Å². The van der Waals surface area contributed by atoms with E-state index < -0.39 is 0 Å². The molecule has 31 heavy (non-hydrogen) atoms. The van der Waals surface area contributed by atoms with Gasteiger partial charge in [0.25, 0.3) is 0 Å². The van der Waals surface area contributed by atoms with Gasteiger partial charge in [0.2, 0.25) is 0 Å². The minimum atomic E-state index is -0.214. The number of rotatable bonds is 5. The van der Waals surface area contributed by atoms with Crippen molar-refractivity contribution in [1.82, 2.24) is 15.6 Å². The smallest absolute Gasteiger partial charge is 0.315 e. The van der Waals surface area contributed by atoms with Gasteiger partial charge in [0.05, 0.1) is 38.7 Å². The van der Waals surface area contributed by atoms with Gasteiger partial charge in [0, 0.05) is 19.1 Å². The third-order valence-corrected chi connectivity index (χ3v) is 6.61. The molecule has 0 unspecified atom stereocenters. The van der Waals surface area contributed by atoms with E-state index in [1.165, 1.54) is 19.3 Å². The Morgan fingerprint density at radius 3 is 2.61 bits per heavy atom. The standard InChI is InChI=1S/C22H32N4O5/c27-22(24-15-4-2-1-3-5-15)25-17-13-29-21-18(14-30-20(17)21)31-16-6-7-19(23-12-16)26-8-10-28-11-9-26/h6-7,12,15,17-18,20-21H,1-5,8-11,13-14H2,(H2,24,25,27)/t17-,18-,20+,21+/m0/s1. The second-order valence-corrected chi connectivity index (χ2v) is 8.76. The van der Waals surface area contributed by atoms with Crippen molar-refractivity contribution in [3.05, 3.63) is 18.3 Å². The fourth-order valence-electron chi connectivity index (χ4n) is 4.93. The van der Waals surface area contributed by atoms with Gasteiger partial charge < -0.3 is 34.5 Å². The molecule has 0 bridgehead atoms. The average Bonchev–Trinajstić information content (AvgIpc) is 3.39. The molecule has 9 heteroatoms. The van der Waals surface area contributed by atoms with Crippen LogP contribution in [0, 0.1) is 0 Å². The second-order valence-electron chi connectivity index (χ2n) is 8.76. The van der Waals surface area contributed by atoms with E-state index in [-0.39, 0.29) is 36.4 Å². The molecule has 4 fully saturated rings. The van der Waals surface area contributed by atoms with Crippen LogP contribution in [0.2, 0.25) is 0 Å². The Kier molecular flexibility index (Phi) is 6.42. The Morgan fingerprint density at radius 1 is 1.03 bits per heavy atom. The highest BCUT2D eigenvalue weighted by Gasteiger charge is 2.49. The van der Waals surface area contributed by atoms with Crippen molar-refractivity contribution in [3.63, 3.8) is 0 Å². The maximum Gasteiger partial charge on any atom is 0.315 e. The van der Waals surface area contributed by atoms with Crippen LogP contribution in [0.3, 0.4) is 0 Å². The zero-order valence-corrected chi connectivity index (χ0v) is 17.8. The molecule has 0 spiro atoms. The molecule has 3 saturated heterocycles. The Balaban J connectivity index is 1.11. The van der Waals surface area contributed by atoms with E-state index >= 15 is 0 Å². The molecule has 1 aromatic heterocycles. The molecule has 4 aliphatic rings. The molecule has 0 aromatic carbocycles. The molecule has 2 amide bonds. The third kappa shape index (κ3) is 4.88. The van der Waals surface area contributed by atoms with Crippen molar-refractivity contribution in [1.29, 1.82) is 0 Å². The van der Waals surface area contributed by atoms with E-state index in [0.717, 1.165) is 45.0 Å². The Morgan fingerprint density at radius 2 is 1.84 bits per heavy atom. The van der Waals surface area contributed by atoms with Crippen molar-refractivity contribution < 1.29 is 23.7 Å². The summed E-state index contributed by atoms with van der Waals surface area (Å²) in [5, 5.41) is 6.14. The Labute approximate surface area is 182 Å². The summed E-state index contributed by atoms with van der Waals surface area (Å²) in [6.07, 6.45) is 6.91. The van der Waals surface area contributed by atoms with Gasteiger partial charge in [-0.05, 0) is 25.0 Å². The highest BCUT2D eigenvalue weighted by Crippen LogP contribution is 2.30. The summed E-state index contributed by atoms with van der Waals surface area (Å²) < 4.78 is 23.4. The van der Waals surface area contributed by atoms with E-state index in [1.807, 2.05) is 12.1 Å². The number of pyridine rings is 1. The molecular formula is C22H32N4O5. The maximum atomic E-state index is 12.4. The first-order valence-electron chi connectivity index (χ1n) is 11.5. The molecule has 1 aromatic rings. The number of hydrogen-bond donors (Lipinski definition) is 2. The molecule has 5 rings (SSSR count). The fourth-order valence-corrected chi connectivity index (χ4v) is 4.93. The number of carbonyl (C=O) groups excluding carboxylic acids is 1. The van der Waals surface area contributed by atoms with Crippen LogP contribution in [0.5, 0.6) is 5.75 Å². The minimum absolute atomic E-state index is 0.128. The maximum absolute atomic E-state index is 12.4. The number of nitrogens with one attached hydrogen (secondary N) is 2. The number of anilines is 1. The van der Waals surface area contributed by atoms with Crippen LogP contribution in [-0.2, 0) is 14.2 Å². The van der Waals surface area contributed by atoms with Gasteiger partial charge in [-0.1, -0.05) is 19.3 Å². The lowest BCUT2D eigenvalue weighted by Crippen LogP contribution is -2.51. The zero-order valence-electron chi connectivity index (χ0n) is 17.8. The normalized spacial score (nSPS) is 31.3. The fraction of sp³-hybridized carbons (Fsp3) is 0.727. The number of ether oxygens (including phenoxy) is 4. The molecule has 2 N–H and O–H groups in total. The monoisotopic (exact) mass is 432 g/mol. The number of carbonyl (C=O) groups is 1. The summed E-state index contributed by atoms with van der Waals surface area (Å²) in [5.74, 6) is 1.63. The lowest BCUT2D eigenvalue weighted by molar-refractivity contribution is 0.0302. The summed E-state index contributed by atoms with van der Waals surface area (Å²) in [7, 11) is 0. The first kappa shape index (κ1) is 20.8. The van der Waals surface area contributed by atoms with Crippen LogP contribution in [0.25, 0.3) is 0 Å². The number of morpholine rings is 1. The van der Waals surface area contributed by atoms with Gasteiger partial charge in [-0.2, -0.15) is 0 Å². The summed E-state index contributed by atoms with van der Waals surface area (Å²) in [6, 6.07) is 3.90. The quantitative estimate of drug-likeness (QED) is 0.728. The van der Waals surface area contributed by atoms with E-state index in [4.69, 9.17) is 18.9 Å². The molecule has 1 aliphatic carbocycles. The van der Waals surface area contributed by atoms with Crippen LogP contribution < -0.4 is 20.3 Å². The van der Waals surface area contributed by atoms with E-state index in [2.05, 4.69) is 20.5 Å². The lowest BCUT2D eigenvalue weighted by atomic mass is 9.96. The number of amides is 2. The van der Waals surface area contributed by atoms with Crippen LogP contribution >= 0.6 is 0 Å². The van der Waals surface area contributed by atoms with E-state index in [1.54, 1.807) is 6.20 Å². The van der Waals surface area contributed by atoms with Gasteiger partial charge in [0.1, 0.15) is 23.8 Å². The van der Waals surface area contributed by atoms with E-state index in [0.29, 0.717) is 19.0 Å². The van der Waals surface area contributed by atoms with Crippen LogP contribution in [0.1, 0.15) is 32.1 Å². The third-order valence-electron chi connectivity index (χ3n) is 6.61. The summed E-state index contributed by atoms with van der Waals surface area (Å²) in [6.45, 7) is 4.03. The van der Waals surface area contributed by atoms with Gasteiger partial charge >= 0.3 is 6.03 Å². The molecule has 4 heterocycles. The van der Waals surface area contributed by atoms with Gasteiger partial charge in [-0.3, -0.25) is 0 Å². The summed E-state index contributed by atoms with van der Waals surface area (Å²) in [4.78, 5) is 19.1. The molecule has 0 radical (unpaired) electrons. The Bertz CT molecular complexity index is 736. The number of aromatic nitrogens is 1. The van der Waals surface area contributed by atoms with Crippen LogP contribution in [0.15, 0.2) is 18.3 Å². The predicted octanol–water partition coefficient (Wildman–Crippen LogP) is 1.46. The minimum Gasteiger partial charge on any atom is -0.484 e. The topological polar surface area (TPSA) is 94.2 Å². The Hall–Kier alpha value is -2.10. The van der Waals surface area contributed by atoms with Crippen molar-refractivity contribution in [2.45, 2.75) is 62.5 Å². The first-order chi connectivity index (χ1) is 15.3. The average molecular weight is 433 g/mol. The lowest BCUT2D eigenvalue weighted by Gasteiger charge is -2.27. The van der Waals surface area contributed by atoms with Gasteiger partial charge in [0.15, 0.2) is 6.10 Å². The second kappa shape index (κ2) is 9.58. The van der Waals surface area contributed by atoms with Crippen molar-refractivity contribution in [3.8, 4) is 5.75 Å². The molecule has 9 nitrogen and oxygen atoms in total. The summed E-state index contributed by atoms with van der Waals surface area (Å²) in [5.41, 5.74) is 0. The number of nitrogens with zero attached hydrogens (tertiary/aromatic N) is 2. The van der Waals surface area contributed by atoms with Crippen LogP contribution in [0.4, 0.5) is 10.6 Å². The zero-order chi connectivity index (χ0) is 21.0. The molecular weight excluding hydrogens is 400 g/mol. The molecule has 3 aliphatic heterocycles. The van der Waals surface area contributed by atoms with Crippen molar-refractivity contribution in [2.24, 2.45) is 0 Å². The number of fused-ring (bicyclic) bond motifs is 1. The van der Waals surface area contributed by atoms with Gasteiger partial charge in [-0.25, -0.2) is 9.78 Å². The summed E-state index contributed by atoms with van der Waals surface area (Å²) >= 11 is 0. The molecule has 1 saturated carbocycles. The van der Waals surface area contributed by atoms with Gasteiger partial charge in [-0.15, -0.1) is 0 Å². The van der Waals surface area contributed by atoms with E-state index in [9.17, 15) is 4.79 Å². The first-order valence-corrected chi connectivity index (χ1v) is 11.5. The van der Waals surface area contributed by atoms with Crippen molar-refractivity contribution >= 4 is 11.8 Å². The predicted molar refractivity (Wildman–Crippen MR) is 113 cm³/mol. The highest BCUT2D eigenvalue weighted by atomic mass is 16.6. The largest absolute Gasteiger partial charge is 0.484 e.